The first-order valence-electron chi connectivity index (χ1n) is 10.1. The Morgan fingerprint density at radius 1 is 1.06 bits per heavy atom. The van der Waals surface area contributed by atoms with Crippen LogP contribution >= 0.6 is 24.0 Å². The molecule has 2 aromatic carbocycles. The van der Waals surface area contributed by atoms with Crippen LogP contribution in [0.25, 0.3) is 22.0 Å². The average molecular weight is 460 g/mol. The molecule has 2 heterocycles. The molecule has 31 heavy (non-hydrogen) atoms. The van der Waals surface area contributed by atoms with Crippen molar-refractivity contribution >= 4 is 46.5 Å². The normalized spacial score (nSPS) is 16.9. The smallest absolute Gasteiger partial charge is 0.242 e. The van der Waals surface area contributed by atoms with Crippen LogP contribution in [0.4, 0.5) is 5.82 Å². The van der Waals surface area contributed by atoms with Gasteiger partial charge in [-0.3, -0.25) is 4.79 Å². The molecule has 3 aromatic rings. The molecular formula is C23H27Cl2N5O. The lowest BCUT2D eigenvalue weighted by Crippen LogP contribution is -2.59. The standard InChI is InChI=1S/C23H26ClN5O.ClH/c1-15-14-28(22(30)23(2,3)25)12-13-29(15)21-19-7-5-4-6-18(19)20(26-27-21)16-8-10-17(24)11-9-16;/h4-11,15H,12-14,25H2,1-3H3;1H. The van der Waals surface area contributed by atoms with E-state index in [1.165, 1.54) is 0 Å². The topological polar surface area (TPSA) is 75.3 Å². The van der Waals surface area contributed by atoms with E-state index in [9.17, 15) is 4.79 Å². The van der Waals surface area contributed by atoms with Crippen molar-refractivity contribution in [1.29, 1.82) is 0 Å². The van der Waals surface area contributed by atoms with Crippen LogP contribution in [0, 0.1) is 0 Å². The summed E-state index contributed by atoms with van der Waals surface area (Å²) in [6.07, 6.45) is 0. The third kappa shape index (κ3) is 4.61. The fourth-order valence-corrected chi connectivity index (χ4v) is 4.11. The second kappa shape index (κ2) is 8.99. The van der Waals surface area contributed by atoms with E-state index in [0.29, 0.717) is 24.7 Å². The summed E-state index contributed by atoms with van der Waals surface area (Å²) >= 11 is 6.04. The Kier molecular flexibility index (Phi) is 6.74. The number of hydrogen-bond donors (Lipinski definition) is 1. The largest absolute Gasteiger partial charge is 0.348 e. The Morgan fingerprint density at radius 3 is 2.32 bits per heavy atom. The first kappa shape index (κ1) is 23.3. The number of fused-ring (bicyclic) bond motifs is 1. The molecule has 2 N–H and O–H groups in total. The lowest BCUT2D eigenvalue weighted by atomic mass is 10.0. The molecule has 8 heteroatoms. The van der Waals surface area contributed by atoms with Gasteiger partial charge in [0.2, 0.25) is 5.91 Å². The number of carbonyl (C=O) groups excluding carboxylic acids is 1. The summed E-state index contributed by atoms with van der Waals surface area (Å²) in [5.41, 5.74) is 6.96. The maximum atomic E-state index is 12.6. The number of piperazine rings is 1. The number of carbonyl (C=O) groups is 1. The summed E-state index contributed by atoms with van der Waals surface area (Å²) in [5.74, 6) is 0.818. The van der Waals surface area contributed by atoms with E-state index in [0.717, 1.165) is 27.8 Å². The van der Waals surface area contributed by atoms with Crippen LogP contribution in [0.3, 0.4) is 0 Å². The average Bonchev–Trinajstić information content (AvgIpc) is 2.72. The molecule has 0 bridgehead atoms. The van der Waals surface area contributed by atoms with Gasteiger partial charge in [-0.15, -0.1) is 22.6 Å². The van der Waals surface area contributed by atoms with Crippen LogP contribution in [-0.2, 0) is 4.79 Å². The quantitative estimate of drug-likeness (QED) is 0.636. The monoisotopic (exact) mass is 459 g/mol. The van der Waals surface area contributed by atoms with Crippen molar-refractivity contribution in [2.45, 2.75) is 32.4 Å². The van der Waals surface area contributed by atoms with Gasteiger partial charge in [-0.2, -0.15) is 0 Å². The lowest BCUT2D eigenvalue weighted by Gasteiger charge is -2.42. The minimum absolute atomic E-state index is 0. The predicted molar refractivity (Wildman–Crippen MR) is 129 cm³/mol. The van der Waals surface area contributed by atoms with Crippen molar-refractivity contribution in [3.63, 3.8) is 0 Å². The fourth-order valence-electron chi connectivity index (χ4n) is 3.99. The van der Waals surface area contributed by atoms with Gasteiger partial charge in [0.05, 0.1) is 5.54 Å². The second-order valence-electron chi connectivity index (χ2n) is 8.44. The molecule has 1 fully saturated rings. The van der Waals surface area contributed by atoms with E-state index in [2.05, 4.69) is 34.2 Å². The Balaban J connectivity index is 0.00000272. The molecule has 1 atom stereocenters. The van der Waals surface area contributed by atoms with Crippen molar-refractivity contribution in [3.8, 4) is 11.3 Å². The highest BCUT2D eigenvalue weighted by molar-refractivity contribution is 6.30. The zero-order valence-electron chi connectivity index (χ0n) is 17.9. The van der Waals surface area contributed by atoms with Gasteiger partial charge in [-0.25, -0.2) is 0 Å². The molecule has 1 unspecified atom stereocenters. The molecular weight excluding hydrogens is 433 g/mol. The van der Waals surface area contributed by atoms with Gasteiger partial charge in [0.1, 0.15) is 5.69 Å². The van der Waals surface area contributed by atoms with E-state index in [1.54, 1.807) is 13.8 Å². The second-order valence-corrected chi connectivity index (χ2v) is 8.88. The fraction of sp³-hybridized carbons (Fsp3) is 0.348. The molecule has 1 saturated heterocycles. The van der Waals surface area contributed by atoms with Gasteiger partial charge >= 0.3 is 0 Å². The Labute approximate surface area is 193 Å². The van der Waals surface area contributed by atoms with Crippen molar-refractivity contribution < 1.29 is 4.79 Å². The van der Waals surface area contributed by atoms with Gasteiger partial charge in [0.15, 0.2) is 5.82 Å². The summed E-state index contributed by atoms with van der Waals surface area (Å²) in [7, 11) is 0. The maximum Gasteiger partial charge on any atom is 0.242 e. The predicted octanol–water partition coefficient (Wildman–Crippen LogP) is 4.15. The van der Waals surface area contributed by atoms with Crippen LogP contribution in [0.2, 0.25) is 5.02 Å². The lowest BCUT2D eigenvalue weighted by molar-refractivity contribution is -0.136. The zero-order chi connectivity index (χ0) is 21.5. The summed E-state index contributed by atoms with van der Waals surface area (Å²) in [6.45, 7) is 7.50. The maximum absolute atomic E-state index is 12.6. The Hall–Kier alpha value is -2.41. The van der Waals surface area contributed by atoms with Crippen LogP contribution < -0.4 is 10.6 Å². The highest BCUT2D eigenvalue weighted by atomic mass is 35.5. The van der Waals surface area contributed by atoms with Crippen molar-refractivity contribution in [2.24, 2.45) is 5.73 Å². The molecule has 1 aliphatic rings. The van der Waals surface area contributed by atoms with E-state index >= 15 is 0 Å². The summed E-state index contributed by atoms with van der Waals surface area (Å²) in [5, 5.41) is 12.0. The van der Waals surface area contributed by atoms with Crippen LogP contribution in [-0.4, -0.2) is 52.2 Å². The van der Waals surface area contributed by atoms with Gasteiger partial charge in [-0.05, 0) is 32.9 Å². The first-order chi connectivity index (χ1) is 14.3. The molecule has 0 spiro atoms. The molecule has 6 nitrogen and oxygen atoms in total. The Bertz CT molecular complexity index is 1080. The zero-order valence-corrected chi connectivity index (χ0v) is 19.5. The molecule has 0 aliphatic carbocycles. The van der Waals surface area contributed by atoms with Crippen LogP contribution in [0.5, 0.6) is 0 Å². The van der Waals surface area contributed by atoms with E-state index in [-0.39, 0.29) is 24.4 Å². The number of rotatable bonds is 3. The minimum Gasteiger partial charge on any atom is -0.348 e. The van der Waals surface area contributed by atoms with Gasteiger partial charge in [0, 0.05) is 47.0 Å². The molecule has 1 amide bonds. The van der Waals surface area contributed by atoms with Crippen molar-refractivity contribution in [2.75, 3.05) is 24.5 Å². The minimum atomic E-state index is -0.866. The molecule has 164 valence electrons. The highest BCUT2D eigenvalue weighted by Gasteiger charge is 2.34. The molecule has 4 rings (SSSR count). The van der Waals surface area contributed by atoms with Gasteiger partial charge in [-0.1, -0.05) is 48.0 Å². The van der Waals surface area contributed by atoms with Gasteiger partial charge < -0.3 is 15.5 Å². The molecule has 0 radical (unpaired) electrons. The third-order valence-electron chi connectivity index (χ3n) is 5.52. The number of aromatic nitrogens is 2. The van der Waals surface area contributed by atoms with Gasteiger partial charge in [0.25, 0.3) is 0 Å². The van der Waals surface area contributed by atoms with E-state index in [1.807, 2.05) is 41.3 Å². The Morgan fingerprint density at radius 2 is 1.71 bits per heavy atom. The number of hydrogen-bond acceptors (Lipinski definition) is 5. The first-order valence-corrected chi connectivity index (χ1v) is 10.5. The third-order valence-corrected chi connectivity index (χ3v) is 5.78. The number of halogens is 2. The van der Waals surface area contributed by atoms with E-state index < -0.39 is 5.54 Å². The summed E-state index contributed by atoms with van der Waals surface area (Å²) in [4.78, 5) is 16.7. The number of nitrogens with zero attached hydrogens (tertiary/aromatic N) is 4. The van der Waals surface area contributed by atoms with Crippen molar-refractivity contribution in [1.82, 2.24) is 15.1 Å². The summed E-state index contributed by atoms with van der Waals surface area (Å²) in [6, 6.07) is 15.9. The number of amides is 1. The van der Waals surface area contributed by atoms with Crippen LogP contribution in [0.1, 0.15) is 20.8 Å². The number of anilines is 1. The SMILES string of the molecule is CC1CN(C(=O)C(C)(C)N)CCN1c1nnc(-c2ccc(Cl)cc2)c2ccccc12.Cl. The number of benzene rings is 2. The summed E-state index contributed by atoms with van der Waals surface area (Å²) < 4.78 is 0. The molecule has 1 aliphatic heterocycles. The van der Waals surface area contributed by atoms with Crippen LogP contribution in [0.15, 0.2) is 48.5 Å². The highest BCUT2D eigenvalue weighted by Crippen LogP contribution is 2.33. The molecule has 1 aromatic heterocycles. The van der Waals surface area contributed by atoms with E-state index in [4.69, 9.17) is 17.3 Å². The van der Waals surface area contributed by atoms with Crippen molar-refractivity contribution in [3.05, 3.63) is 53.6 Å². The number of nitrogens with two attached hydrogens (primary N) is 1. The molecule has 0 saturated carbocycles.